The lowest BCUT2D eigenvalue weighted by atomic mass is 9.74. The van der Waals surface area contributed by atoms with Crippen molar-refractivity contribution in [2.75, 3.05) is 5.32 Å². The van der Waals surface area contributed by atoms with E-state index < -0.39 is 34.9 Å². The number of allylic oxidation sites excluding steroid dienone is 4. The smallest absolute Gasteiger partial charge is 0.413 e. The first kappa shape index (κ1) is 26.0. The summed E-state index contributed by atoms with van der Waals surface area (Å²) in [6.07, 6.45) is 3.43. The number of amides is 1. The Balaban J connectivity index is 1.50. The molecule has 0 bridgehead atoms. The monoisotopic (exact) mass is 555 g/mol. The lowest BCUT2D eigenvalue weighted by Crippen LogP contribution is -2.47. The van der Waals surface area contributed by atoms with Crippen LogP contribution in [0.3, 0.4) is 0 Å². The average Bonchev–Trinajstić information content (AvgIpc) is 3.64. The highest BCUT2D eigenvalue weighted by Gasteiger charge is 2.66. The molecule has 2 atom stereocenters. The standard InChI is InChI=1S/C28H24Cl2FN3O4/c1-17(19-9-5-6-10-21(19)29)38-26(37)33-24-23(31)16-32-34(24)28(27(13-14-27)25(35)36)12-11-20(22(30)15-28)18-7-3-2-4-8-18/h2-12,16-17H,13-15H2,1H3,(H,33,37)(H,35,36)/t17?,28-/m0/s1. The molecule has 196 valence electrons. The van der Waals surface area contributed by atoms with E-state index >= 15 is 4.39 Å². The molecule has 38 heavy (non-hydrogen) atoms. The Labute approximate surface area is 228 Å². The number of ether oxygens (including phenoxy) is 1. The molecule has 1 amide bonds. The highest BCUT2D eigenvalue weighted by atomic mass is 35.5. The number of benzene rings is 2. The van der Waals surface area contributed by atoms with E-state index in [1.165, 1.54) is 4.68 Å². The minimum absolute atomic E-state index is 0.0441. The molecule has 1 aromatic heterocycles. The molecule has 5 rings (SSSR count). The first-order chi connectivity index (χ1) is 18.2. The van der Waals surface area contributed by atoms with Crippen molar-refractivity contribution in [2.45, 2.75) is 37.8 Å². The highest BCUT2D eigenvalue weighted by Crippen LogP contribution is 2.63. The van der Waals surface area contributed by atoms with Crippen LogP contribution in [0.15, 0.2) is 78.0 Å². The van der Waals surface area contributed by atoms with Gasteiger partial charge in [-0.1, -0.05) is 83.9 Å². The molecule has 2 aliphatic rings. The predicted octanol–water partition coefficient (Wildman–Crippen LogP) is 7.16. The maximum Gasteiger partial charge on any atom is 0.413 e. The quantitative estimate of drug-likeness (QED) is 0.322. The third-order valence-electron chi connectivity index (χ3n) is 7.27. The SMILES string of the molecule is CC(OC(=O)Nc1c(F)cnn1[C@@]1(C2(C(=O)O)CC2)C=CC(c2ccccc2)=C(Cl)C1)c1ccccc1Cl. The van der Waals surface area contributed by atoms with Gasteiger partial charge in [-0.25, -0.2) is 13.9 Å². The lowest BCUT2D eigenvalue weighted by Gasteiger charge is -2.40. The van der Waals surface area contributed by atoms with Gasteiger partial charge in [0.25, 0.3) is 0 Å². The topological polar surface area (TPSA) is 93.5 Å². The van der Waals surface area contributed by atoms with E-state index in [1.807, 2.05) is 30.3 Å². The number of aliphatic carboxylic acids is 1. The summed E-state index contributed by atoms with van der Waals surface area (Å²) in [7, 11) is 0. The van der Waals surface area contributed by atoms with E-state index in [1.54, 1.807) is 43.3 Å². The summed E-state index contributed by atoms with van der Waals surface area (Å²) in [6, 6.07) is 16.3. The van der Waals surface area contributed by atoms with Crippen LogP contribution in [-0.2, 0) is 15.1 Å². The maximum atomic E-state index is 15.1. The molecule has 0 saturated heterocycles. The minimum Gasteiger partial charge on any atom is -0.481 e. The van der Waals surface area contributed by atoms with Gasteiger partial charge < -0.3 is 9.84 Å². The number of rotatable bonds is 7. The number of halogens is 3. The number of carbonyl (C=O) groups excluding carboxylic acids is 1. The molecule has 2 N–H and O–H groups in total. The second kappa shape index (κ2) is 9.93. The van der Waals surface area contributed by atoms with Gasteiger partial charge in [-0.2, -0.15) is 5.10 Å². The summed E-state index contributed by atoms with van der Waals surface area (Å²) in [5.41, 5.74) is -0.465. The fourth-order valence-corrected chi connectivity index (χ4v) is 5.77. The average molecular weight is 556 g/mol. The molecule has 0 radical (unpaired) electrons. The first-order valence-corrected chi connectivity index (χ1v) is 12.8. The van der Waals surface area contributed by atoms with E-state index in [4.69, 9.17) is 27.9 Å². The van der Waals surface area contributed by atoms with Crippen LogP contribution in [0.4, 0.5) is 15.0 Å². The molecular formula is C28H24Cl2FN3O4. The molecule has 2 aliphatic carbocycles. The van der Waals surface area contributed by atoms with E-state index in [0.29, 0.717) is 28.5 Å². The van der Waals surface area contributed by atoms with Crippen LogP contribution in [0.25, 0.3) is 5.57 Å². The summed E-state index contributed by atoms with van der Waals surface area (Å²) in [4.78, 5) is 25.4. The number of hydrogen-bond donors (Lipinski definition) is 2. The fourth-order valence-electron chi connectivity index (χ4n) is 5.11. The largest absolute Gasteiger partial charge is 0.481 e. The fraction of sp³-hybridized carbons (Fsp3) is 0.250. The van der Waals surface area contributed by atoms with Gasteiger partial charge in [0.2, 0.25) is 0 Å². The number of anilines is 1. The van der Waals surface area contributed by atoms with Crippen molar-refractivity contribution in [2.24, 2.45) is 5.41 Å². The Kier molecular flexibility index (Phi) is 6.79. The van der Waals surface area contributed by atoms with Crippen LogP contribution in [0, 0.1) is 11.2 Å². The number of nitrogens with one attached hydrogen (secondary N) is 1. The van der Waals surface area contributed by atoms with Gasteiger partial charge in [-0.15, -0.1) is 0 Å². The van der Waals surface area contributed by atoms with Gasteiger partial charge in [0, 0.05) is 22.0 Å². The van der Waals surface area contributed by atoms with Crippen LogP contribution in [-0.4, -0.2) is 26.9 Å². The molecular weight excluding hydrogens is 532 g/mol. The summed E-state index contributed by atoms with van der Waals surface area (Å²) >= 11 is 13.0. The van der Waals surface area contributed by atoms with Gasteiger partial charge in [-0.3, -0.25) is 10.1 Å². The summed E-state index contributed by atoms with van der Waals surface area (Å²) < 4.78 is 21.7. The molecule has 7 nitrogen and oxygen atoms in total. The Bertz CT molecular complexity index is 1470. The molecule has 1 unspecified atom stereocenters. The maximum absolute atomic E-state index is 15.1. The van der Waals surface area contributed by atoms with Crippen LogP contribution >= 0.6 is 23.2 Å². The summed E-state index contributed by atoms with van der Waals surface area (Å²) in [6.45, 7) is 1.64. The van der Waals surface area contributed by atoms with Gasteiger partial charge in [0.1, 0.15) is 11.6 Å². The van der Waals surface area contributed by atoms with Crippen molar-refractivity contribution in [3.8, 4) is 0 Å². The van der Waals surface area contributed by atoms with Gasteiger partial charge in [-0.05, 0) is 37.0 Å². The Morgan fingerprint density at radius 3 is 2.45 bits per heavy atom. The van der Waals surface area contributed by atoms with Crippen LogP contribution in [0.5, 0.6) is 0 Å². The van der Waals surface area contributed by atoms with Crippen molar-refractivity contribution in [1.29, 1.82) is 0 Å². The highest BCUT2D eigenvalue weighted by molar-refractivity contribution is 6.33. The number of carboxylic acid groups (broad SMARTS) is 1. The van der Waals surface area contributed by atoms with E-state index in [9.17, 15) is 14.7 Å². The van der Waals surface area contributed by atoms with Crippen molar-refractivity contribution < 1.29 is 23.8 Å². The number of aromatic nitrogens is 2. The lowest BCUT2D eigenvalue weighted by molar-refractivity contribution is -0.147. The third-order valence-corrected chi connectivity index (χ3v) is 7.95. The van der Waals surface area contributed by atoms with Crippen LogP contribution in [0.1, 0.15) is 43.4 Å². The zero-order valence-electron chi connectivity index (χ0n) is 20.3. The number of nitrogens with zero attached hydrogens (tertiary/aromatic N) is 2. The number of carboxylic acids is 1. The normalized spacial score (nSPS) is 20.6. The molecule has 2 aromatic carbocycles. The Morgan fingerprint density at radius 1 is 1.13 bits per heavy atom. The second-order valence-electron chi connectivity index (χ2n) is 9.45. The van der Waals surface area contributed by atoms with Crippen LogP contribution in [0.2, 0.25) is 5.02 Å². The van der Waals surface area contributed by atoms with Crippen molar-refractivity contribution >= 4 is 46.7 Å². The van der Waals surface area contributed by atoms with E-state index in [-0.39, 0.29) is 12.2 Å². The van der Waals surface area contributed by atoms with Gasteiger partial charge in [0.15, 0.2) is 11.6 Å². The third kappa shape index (κ3) is 4.37. The van der Waals surface area contributed by atoms with Crippen LogP contribution < -0.4 is 5.32 Å². The number of carbonyl (C=O) groups is 2. The molecule has 10 heteroatoms. The molecule has 1 saturated carbocycles. The number of hydrogen-bond acceptors (Lipinski definition) is 4. The molecule has 0 aliphatic heterocycles. The molecule has 0 spiro atoms. The molecule has 1 heterocycles. The minimum atomic E-state index is -1.37. The first-order valence-electron chi connectivity index (χ1n) is 12.0. The zero-order valence-corrected chi connectivity index (χ0v) is 21.8. The summed E-state index contributed by atoms with van der Waals surface area (Å²) in [5.74, 6) is -2.20. The van der Waals surface area contributed by atoms with E-state index in [0.717, 1.165) is 17.3 Å². The summed E-state index contributed by atoms with van der Waals surface area (Å²) in [5, 5.41) is 17.7. The van der Waals surface area contributed by atoms with Gasteiger partial charge in [0.05, 0.1) is 11.6 Å². The van der Waals surface area contributed by atoms with Gasteiger partial charge >= 0.3 is 12.1 Å². The molecule has 3 aromatic rings. The Morgan fingerprint density at radius 2 is 1.82 bits per heavy atom. The van der Waals surface area contributed by atoms with Crippen molar-refractivity contribution in [1.82, 2.24) is 9.78 Å². The van der Waals surface area contributed by atoms with E-state index in [2.05, 4.69) is 10.4 Å². The second-order valence-corrected chi connectivity index (χ2v) is 10.3. The zero-order chi connectivity index (χ0) is 27.1. The van der Waals surface area contributed by atoms with Crippen molar-refractivity contribution in [3.63, 3.8) is 0 Å². The predicted molar refractivity (Wildman–Crippen MR) is 142 cm³/mol. The Hall–Kier alpha value is -3.62. The molecule has 1 fully saturated rings. The van der Waals surface area contributed by atoms with Crippen molar-refractivity contribution in [3.05, 3.63) is 99.9 Å².